The molecule has 4 heteroatoms. The fourth-order valence-corrected chi connectivity index (χ4v) is 18.0. The van der Waals surface area contributed by atoms with Gasteiger partial charge < -0.3 is 0 Å². The van der Waals surface area contributed by atoms with Crippen LogP contribution in [0.1, 0.15) is 27.7 Å². The molecule has 2 rings (SSSR count). The molecule has 0 aromatic carbocycles. The molecule has 0 spiro atoms. The van der Waals surface area contributed by atoms with Gasteiger partial charge >= 0.3 is 0 Å². The summed E-state index contributed by atoms with van der Waals surface area (Å²) in [4.78, 5) is 0. The van der Waals surface area contributed by atoms with Gasteiger partial charge in [-0.2, -0.15) is 0 Å². The summed E-state index contributed by atoms with van der Waals surface area (Å²) in [6.07, 6.45) is 4.75. The average molecular weight is 290 g/mol. The SMILES string of the molecule is CC1=C(C)CP(=S)(P2(=S)CC(C)=C(C)C2)C1. The van der Waals surface area contributed by atoms with Gasteiger partial charge in [0.25, 0.3) is 0 Å². The molecule has 0 unspecified atom stereocenters. The first-order valence-electron chi connectivity index (χ1n) is 5.74. The Hall–Kier alpha value is 0.780. The van der Waals surface area contributed by atoms with Crippen molar-refractivity contribution in [3.8, 4) is 0 Å². The first-order valence-corrected chi connectivity index (χ1v) is 12.8. The first kappa shape index (κ1) is 13.2. The van der Waals surface area contributed by atoms with Crippen LogP contribution in [0.5, 0.6) is 0 Å². The second-order valence-corrected chi connectivity index (χ2v) is 20.5. The van der Waals surface area contributed by atoms with Crippen molar-refractivity contribution < 1.29 is 0 Å². The van der Waals surface area contributed by atoms with E-state index in [0.29, 0.717) is 0 Å². The van der Waals surface area contributed by atoms with E-state index in [1.807, 2.05) is 0 Å². The van der Waals surface area contributed by atoms with E-state index in [2.05, 4.69) is 27.7 Å². The van der Waals surface area contributed by atoms with Gasteiger partial charge in [-0.1, -0.05) is 45.9 Å². The Morgan fingerprint density at radius 1 is 0.625 bits per heavy atom. The highest BCUT2D eigenvalue weighted by Gasteiger charge is 2.41. The second kappa shape index (κ2) is 4.16. The molecule has 0 N–H and O–H groups in total. The second-order valence-electron chi connectivity index (χ2n) is 5.45. The van der Waals surface area contributed by atoms with Crippen molar-refractivity contribution in [2.45, 2.75) is 27.7 Å². The van der Waals surface area contributed by atoms with E-state index in [1.165, 1.54) is 24.6 Å². The lowest BCUT2D eigenvalue weighted by Crippen LogP contribution is -1.93. The third kappa shape index (κ3) is 1.97. The Kier molecular flexibility index (Phi) is 3.44. The third-order valence-electron chi connectivity index (χ3n) is 4.06. The zero-order chi connectivity index (χ0) is 12.1. The summed E-state index contributed by atoms with van der Waals surface area (Å²) in [5.41, 5.74) is 3.66. The molecule has 2 aliphatic rings. The lowest BCUT2D eigenvalue weighted by Gasteiger charge is -2.29. The average Bonchev–Trinajstić information content (AvgIpc) is 2.55. The van der Waals surface area contributed by atoms with E-state index < -0.39 is 11.5 Å². The number of hydrogen-bond acceptors (Lipinski definition) is 2. The molecule has 0 saturated heterocycles. The molecule has 0 saturated carbocycles. The van der Waals surface area contributed by atoms with Crippen molar-refractivity contribution in [2.24, 2.45) is 0 Å². The van der Waals surface area contributed by atoms with Gasteiger partial charge in [0.1, 0.15) is 0 Å². The highest BCUT2D eigenvalue weighted by molar-refractivity contribution is 8.66. The van der Waals surface area contributed by atoms with Crippen LogP contribution in [0.25, 0.3) is 0 Å². The van der Waals surface area contributed by atoms with Crippen molar-refractivity contribution in [3.05, 3.63) is 22.3 Å². The Morgan fingerprint density at radius 3 is 1.00 bits per heavy atom. The lowest BCUT2D eigenvalue weighted by atomic mass is 10.2. The van der Waals surface area contributed by atoms with Crippen molar-refractivity contribution in [1.29, 1.82) is 0 Å². The number of rotatable bonds is 1. The van der Waals surface area contributed by atoms with Gasteiger partial charge in [-0.05, 0) is 39.1 Å². The maximum absolute atomic E-state index is 6.09. The fraction of sp³-hybridized carbons (Fsp3) is 0.667. The Labute approximate surface area is 109 Å². The predicted octanol–water partition coefficient (Wildman–Crippen LogP) is 4.56. The fourth-order valence-electron chi connectivity index (χ4n) is 2.65. The van der Waals surface area contributed by atoms with Crippen molar-refractivity contribution in [3.63, 3.8) is 0 Å². The molecule has 0 nitrogen and oxygen atoms in total. The van der Waals surface area contributed by atoms with Gasteiger partial charge in [-0.25, -0.2) is 0 Å². The van der Waals surface area contributed by atoms with Crippen molar-refractivity contribution >= 4 is 35.1 Å². The summed E-state index contributed by atoms with van der Waals surface area (Å²) < 4.78 is 0. The van der Waals surface area contributed by atoms with E-state index in [4.69, 9.17) is 23.6 Å². The first-order chi connectivity index (χ1) is 7.27. The molecule has 0 atom stereocenters. The summed E-state index contributed by atoms with van der Waals surface area (Å²) in [5.74, 6) is 0. The number of hydrogen-bond donors (Lipinski definition) is 0. The van der Waals surface area contributed by atoms with Crippen LogP contribution in [0.15, 0.2) is 22.3 Å². The van der Waals surface area contributed by atoms with Crippen LogP contribution in [-0.4, -0.2) is 24.6 Å². The molecular formula is C12H20P2S2. The van der Waals surface area contributed by atoms with Crippen LogP contribution < -0.4 is 0 Å². The molecule has 16 heavy (non-hydrogen) atoms. The predicted molar refractivity (Wildman–Crippen MR) is 84.8 cm³/mol. The molecule has 0 bridgehead atoms. The van der Waals surface area contributed by atoms with Gasteiger partial charge in [0.2, 0.25) is 0 Å². The third-order valence-corrected chi connectivity index (χ3v) is 23.0. The molecule has 2 heterocycles. The molecular weight excluding hydrogens is 270 g/mol. The molecule has 0 aromatic rings. The van der Waals surface area contributed by atoms with Gasteiger partial charge in [-0.15, -0.1) is 0 Å². The van der Waals surface area contributed by atoms with Gasteiger partial charge in [0.15, 0.2) is 0 Å². The summed E-state index contributed by atoms with van der Waals surface area (Å²) in [6.45, 7) is 9.03. The maximum atomic E-state index is 6.09. The topological polar surface area (TPSA) is 0 Å². The highest BCUT2D eigenvalue weighted by Crippen LogP contribution is 2.86. The van der Waals surface area contributed by atoms with Crippen LogP contribution in [0.4, 0.5) is 0 Å². The minimum atomic E-state index is -1.27. The van der Waals surface area contributed by atoms with Crippen molar-refractivity contribution in [2.75, 3.05) is 24.6 Å². The molecule has 2 aliphatic heterocycles. The molecule has 0 amide bonds. The van der Waals surface area contributed by atoms with E-state index in [0.717, 1.165) is 0 Å². The quantitative estimate of drug-likeness (QED) is 0.513. The minimum Gasteiger partial charge on any atom is -0.0912 e. The minimum absolute atomic E-state index is 1.19. The van der Waals surface area contributed by atoms with Gasteiger partial charge in [-0.3, -0.25) is 0 Å². The van der Waals surface area contributed by atoms with Crippen LogP contribution in [0, 0.1) is 0 Å². The molecule has 0 fully saturated rings. The lowest BCUT2D eigenvalue weighted by molar-refractivity contribution is 1.29. The number of allylic oxidation sites excluding steroid dienone is 4. The van der Waals surface area contributed by atoms with E-state index in [1.54, 1.807) is 22.3 Å². The largest absolute Gasteiger partial charge is 0.0912 e. The summed E-state index contributed by atoms with van der Waals surface area (Å²) in [6, 6.07) is 0. The summed E-state index contributed by atoms with van der Waals surface area (Å²) in [5, 5.41) is 0. The Bertz CT molecular complexity index is 415. The smallest absolute Gasteiger partial charge is 0.00222 e. The summed E-state index contributed by atoms with van der Waals surface area (Å²) >= 11 is 12.2. The Morgan fingerprint density at radius 2 is 0.812 bits per heavy atom. The highest BCUT2D eigenvalue weighted by atomic mass is 32.8. The van der Waals surface area contributed by atoms with Gasteiger partial charge in [0, 0.05) is 24.6 Å². The van der Waals surface area contributed by atoms with E-state index in [9.17, 15) is 0 Å². The van der Waals surface area contributed by atoms with Crippen LogP contribution >= 0.6 is 11.5 Å². The van der Waals surface area contributed by atoms with Crippen LogP contribution in [0.3, 0.4) is 0 Å². The normalized spacial score (nSPS) is 28.0. The Balaban J connectivity index is 2.30. The van der Waals surface area contributed by atoms with E-state index in [-0.39, 0.29) is 0 Å². The van der Waals surface area contributed by atoms with E-state index >= 15 is 0 Å². The zero-order valence-electron chi connectivity index (χ0n) is 10.5. The molecule has 0 aromatic heterocycles. The van der Waals surface area contributed by atoms with Crippen molar-refractivity contribution in [1.82, 2.24) is 0 Å². The van der Waals surface area contributed by atoms with Crippen LogP contribution in [-0.2, 0) is 23.6 Å². The summed E-state index contributed by atoms with van der Waals surface area (Å²) in [7, 11) is 0. The zero-order valence-corrected chi connectivity index (χ0v) is 14.0. The molecule has 0 aliphatic carbocycles. The van der Waals surface area contributed by atoms with Crippen LogP contribution in [0.2, 0.25) is 0 Å². The van der Waals surface area contributed by atoms with Gasteiger partial charge in [0.05, 0.1) is 0 Å². The monoisotopic (exact) mass is 290 g/mol. The molecule has 0 radical (unpaired) electrons. The maximum Gasteiger partial charge on any atom is 0.00222 e. The molecule has 90 valence electrons. The standard InChI is InChI=1S/C12H20P2S2/c1-9-5-13(15,6-10(9)2)14(16)7-11(3)12(4)8-14/h5-8H2,1-4H3.